The maximum atomic E-state index is 4.63. The Hall–Kier alpha value is -2.22. The molecule has 2 rings (SSSR count). The molecule has 0 aromatic heterocycles. The average Bonchev–Trinajstić information content (AvgIpc) is 2.53. The predicted molar refractivity (Wildman–Crippen MR) is 92.6 cm³/mol. The lowest BCUT2D eigenvalue weighted by Gasteiger charge is -2.06. The lowest BCUT2D eigenvalue weighted by molar-refractivity contribution is 1.04. The van der Waals surface area contributed by atoms with Gasteiger partial charge in [0.25, 0.3) is 0 Å². The topological polar surface area (TPSA) is 24.7 Å². The van der Waals surface area contributed by atoms with Gasteiger partial charge in [-0.25, -0.2) is 0 Å². The fourth-order valence-electron chi connectivity index (χ4n) is 2.27. The van der Waals surface area contributed by atoms with Crippen LogP contribution < -0.4 is 0 Å². The molecule has 0 aliphatic carbocycles. The first kappa shape index (κ1) is 15.2. The molecule has 2 aromatic carbocycles. The summed E-state index contributed by atoms with van der Waals surface area (Å²) in [4.78, 5) is 9.05. The number of hydrogen-bond donors (Lipinski definition) is 0. The number of aliphatic imine (C=N–C) groups is 2. The Labute approximate surface area is 127 Å². The van der Waals surface area contributed by atoms with E-state index < -0.39 is 0 Å². The molecule has 0 radical (unpaired) electrons. The molecule has 2 aromatic rings. The number of benzene rings is 2. The van der Waals surface area contributed by atoms with Gasteiger partial charge in [0, 0.05) is 6.21 Å². The van der Waals surface area contributed by atoms with Crippen molar-refractivity contribution < 1.29 is 0 Å². The normalized spacial score (nSPS) is 12.0. The quantitative estimate of drug-likeness (QED) is 0.662. The average molecular weight is 278 g/mol. The highest BCUT2D eigenvalue weighted by atomic mass is 14.8. The standard InChI is InChI=1S/C19H22N2/c1-4-16-11-12-19(13-17(16)5-2)21-15(3)14-20-18-9-7-6-8-10-18/h6-14H,4-5H2,1-3H3. The Morgan fingerprint density at radius 3 is 2.29 bits per heavy atom. The van der Waals surface area contributed by atoms with Crippen molar-refractivity contribution in [3.05, 3.63) is 59.7 Å². The highest BCUT2D eigenvalue weighted by Gasteiger charge is 2.00. The molecule has 2 heteroatoms. The molecule has 0 heterocycles. The van der Waals surface area contributed by atoms with Gasteiger partial charge in [-0.3, -0.25) is 9.98 Å². The van der Waals surface area contributed by atoms with Crippen molar-refractivity contribution in [3.63, 3.8) is 0 Å². The highest BCUT2D eigenvalue weighted by molar-refractivity contribution is 6.30. The summed E-state index contributed by atoms with van der Waals surface area (Å²) < 4.78 is 0. The Morgan fingerprint density at radius 1 is 0.905 bits per heavy atom. The van der Waals surface area contributed by atoms with Gasteiger partial charge in [0.1, 0.15) is 0 Å². The zero-order valence-electron chi connectivity index (χ0n) is 13.0. The van der Waals surface area contributed by atoms with Crippen LogP contribution in [-0.4, -0.2) is 11.9 Å². The van der Waals surface area contributed by atoms with E-state index in [-0.39, 0.29) is 0 Å². The van der Waals surface area contributed by atoms with E-state index in [1.807, 2.05) is 43.5 Å². The molecule has 0 fully saturated rings. The van der Waals surface area contributed by atoms with E-state index in [2.05, 4.69) is 42.0 Å². The maximum Gasteiger partial charge on any atom is 0.0636 e. The molecule has 0 saturated heterocycles. The first-order valence-electron chi connectivity index (χ1n) is 7.49. The number of hydrogen-bond acceptors (Lipinski definition) is 2. The monoisotopic (exact) mass is 278 g/mol. The van der Waals surface area contributed by atoms with Crippen LogP contribution in [0.25, 0.3) is 0 Å². The highest BCUT2D eigenvalue weighted by Crippen LogP contribution is 2.20. The molecule has 0 unspecified atom stereocenters. The molecule has 0 amide bonds. The molecular formula is C19H22N2. The van der Waals surface area contributed by atoms with E-state index in [9.17, 15) is 0 Å². The summed E-state index contributed by atoms with van der Waals surface area (Å²) in [5.74, 6) is 0. The van der Waals surface area contributed by atoms with Crippen molar-refractivity contribution >= 4 is 23.3 Å². The fraction of sp³-hybridized carbons (Fsp3) is 0.263. The summed E-state index contributed by atoms with van der Waals surface area (Å²) in [6.07, 6.45) is 3.93. The van der Waals surface area contributed by atoms with Crippen molar-refractivity contribution in [1.29, 1.82) is 0 Å². The predicted octanol–water partition coefficient (Wildman–Crippen LogP) is 5.31. The Bertz CT molecular complexity index is 640. The van der Waals surface area contributed by atoms with Gasteiger partial charge in [0.05, 0.1) is 17.1 Å². The lowest BCUT2D eigenvalue weighted by Crippen LogP contribution is -1.93. The van der Waals surface area contributed by atoms with Crippen LogP contribution in [0, 0.1) is 0 Å². The van der Waals surface area contributed by atoms with Gasteiger partial charge in [0.2, 0.25) is 0 Å². The first-order chi connectivity index (χ1) is 10.2. The van der Waals surface area contributed by atoms with Crippen LogP contribution in [0.4, 0.5) is 11.4 Å². The Kier molecular flexibility index (Phi) is 5.44. The second-order valence-corrected chi connectivity index (χ2v) is 5.01. The van der Waals surface area contributed by atoms with Gasteiger partial charge in [-0.2, -0.15) is 0 Å². The minimum absolute atomic E-state index is 0.908. The third-order valence-corrected chi connectivity index (χ3v) is 3.41. The fourth-order valence-corrected chi connectivity index (χ4v) is 2.27. The second kappa shape index (κ2) is 7.53. The van der Waals surface area contributed by atoms with Gasteiger partial charge in [0.15, 0.2) is 0 Å². The second-order valence-electron chi connectivity index (χ2n) is 5.01. The van der Waals surface area contributed by atoms with Crippen LogP contribution in [0.15, 0.2) is 58.5 Å². The van der Waals surface area contributed by atoms with Gasteiger partial charge in [-0.05, 0) is 55.2 Å². The van der Waals surface area contributed by atoms with Crippen LogP contribution in [-0.2, 0) is 12.8 Å². The molecule has 0 bridgehead atoms. The van der Waals surface area contributed by atoms with Gasteiger partial charge in [-0.15, -0.1) is 0 Å². The SMILES string of the molecule is CCc1ccc(N=C(C)C=Nc2ccccc2)cc1CC. The zero-order chi connectivity index (χ0) is 15.1. The van der Waals surface area contributed by atoms with E-state index in [1.165, 1.54) is 11.1 Å². The summed E-state index contributed by atoms with van der Waals surface area (Å²) in [5, 5.41) is 0. The van der Waals surface area contributed by atoms with Crippen LogP contribution in [0.3, 0.4) is 0 Å². The number of para-hydroxylation sites is 1. The summed E-state index contributed by atoms with van der Waals surface area (Å²) in [6, 6.07) is 16.4. The zero-order valence-corrected chi connectivity index (χ0v) is 13.0. The molecule has 0 spiro atoms. The van der Waals surface area contributed by atoms with Crippen LogP contribution in [0.5, 0.6) is 0 Å². The van der Waals surface area contributed by atoms with Gasteiger partial charge >= 0.3 is 0 Å². The molecule has 0 atom stereocenters. The third kappa shape index (κ3) is 4.38. The summed E-state index contributed by atoms with van der Waals surface area (Å²) in [5.41, 5.74) is 5.65. The first-order valence-corrected chi connectivity index (χ1v) is 7.49. The molecule has 0 saturated carbocycles. The van der Waals surface area contributed by atoms with Crippen molar-refractivity contribution in [2.75, 3.05) is 0 Å². The summed E-state index contributed by atoms with van der Waals surface area (Å²) in [7, 11) is 0. The molecular weight excluding hydrogens is 256 g/mol. The van der Waals surface area contributed by atoms with Crippen LogP contribution >= 0.6 is 0 Å². The van der Waals surface area contributed by atoms with Crippen molar-refractivity contribution in [2.45, 2.75) is 33.6 Å². The van der Waals surface area contributed by atoms with E-state index in [1.54, 1.807) is 0 Å². The van der Waals surface area contributed by atoms with E-state index >= 15 is 0 Å². The molecule has 108 valence electrons. The number of nitrogens with zero attached hydrogens (tertiary/aromatic N) is 2. The largest absolute Gasteiger partial charge is 0.255 e. The number of rotatable bonds is 5. The molecule has 0 aliphatic rings. The maximum absolute atomic E-state index is 4.63. The summed E-state index contributed by atoms with van der Waals surface area (Å²) in [6.45, 7) is 6.35. The molecule has 21 heavy (non-hydrogen) atoms. The lowest BCUT2D eigenvalue weighted by atomic mass is 10.0. The van der Waals surface area contributed by atoms with Crippen LogP contribution in [0.2, 0.25) is 0 Å². The smallest absolute Gasteiger partial charge is 0.0636 e. The molecule has 0 aliphatic heterocycles. The minimum Gasteiger partial charge on any atom is -0.255 e. The third-order valence-electron chi connectivity index (χ3n) is 3.41. The van der Waals surface area contributed by atoms with Crippen LogP contribution in [0.1, 0.15) is 31.9 Å². The van der Waals surface area contributed by atoms with Crippen molar-refractivity contribution in [1.82, 2.24) is 0 Å². The molecule has 0 N–H and O–H groups in total. The van der Waals surface area contributed by atoms with Crippen molar-refractivity contribution in [2.24, 2.45) is 9.98 Å². The van der Waals surface area contributed by atoms with E-state index in [0.717, 1.165) is 29.9 Å². The number of aryl methyl sites for hydroxylation is 2. The molecule has 2 nitrogen and oxygen atoms in total. The summed E-state index contributed by atoms with van der Waals surface area (Å²) >= 11 is 0. The van der Waals surface area contributed by atoms with Crippen molar-refractivity contribution in [3.8, 4) is 0 Å². The van der Waals surface area contributed by atoms with E-state index in [0.29, 0.717) is 0 Å². The Balaban J connectivity index is 2.17. The van der Waals surface area contributed by atoms with Gasteiger partial charge < -0.3 is 0 Å². The van der Waals surface area contributed by atoms with E-state index in [4.69, 9.17) is 0 Å². The Morgan fingerprint density at radius 2 is 1.62 bits per heavy atom. The minimum atomic E-state index is 0.908. The van der Waals surface area contributed by atoms with Gasteiger partial charge in [-0.1, -0.05) is 38.1 Å².